The minimum absolute atomic E-state index is 0.0429. The van der Waals surface area contributed by atoms with Crippen LogP contribution in [-0.4, -0.2) is 42.5 Å². The Morgan fingerprint density at radius 3 is 2.58 bits per heavy atom. The Morgan fingerprint density at radius 1 is 1.32 bits per heavy atom. The van der Waals surface area contributed by atoms with Crippen molar-refractivity contribution < 1.29 is 13.6 Å². The van der Waals surface area contributed by atoms with Crippen molar-refractivity contribution in [2.24, 2.45) is 0 Å². The number of likely N-dealkylation sites (tertiary alicyclic amines) is 1. The summed E-state index contributed by atoms with van der Waals surface area (Å²) in [5.41, 5.74) is 0. The van der Waals surface area contributed by atoms with Gasteiger partial charge < -0.3 is 15.5 Å². The predicted molar refractivity (Wildman–Crippen MR) is 68.0 cm³/mol. The van der Waals surface area contributed by atoms with E-state index in [0.717, 1.165) is 32.0 Å². The number of nitrogens with one attached hydrogen (secondary N) is 2. The minimum Gasteiger partial charge on any atom is -0.371 e. The fraction of sp³-hybridized carbons (Fsp3) is 0.500. The summed E-state index contributed by atoms with van der Waals surface area (Å²) in [7, 11) is 1.49. The van der Waals surface area contributed by atoms with E-state index < -0.39 is 11.6 Å². The molecule has 0 saturated carbocycles. The van der Waals surface area contributed by atoms with Crippen LogP contribution in [0.5, 0.6) is 0 Å². The SMILES string of the molecule is CNc1nc(NCC(=O)N2CCCC2)c(F)cc1F. The van der Waals surface area contributed by atoms with Gasteiger partial charge in [-0.05, 0) is 12.8 Å². The molecule has 1 amide bonds. The van der Waals surface area contributed by atoms with Gasteiger partial charge in [0.1, 0.15) is 0 Å². The van der Waals surface area contributed by atoms with E-state index in [1.807, 2.05) is 0 Å². The van der Waals surface area contributed by atoms with E-state index >= 15 is 0 Å². The second-order valence-corrected chi connectivity index (χ2v) is 4.34. The second-order valence-electron chi connectivity index (χ2n) is 4.34. The molecule has 0 aliphatic carbocycles. The highest BCUT2D eigenvalue weighted by molar-refractivity contribution is 5.80. The highest BCUT2D eigenvalue weighted by Crippen LogP contribution is 2.18. The van der Waals surface area contributed by atoms with Gasteiger partial charge in [0.05, 0.1) is 6.54 Å². The van der Waals surface area contributed by atoms with Crippen LogP contribution in [0.2, 0.25) is 0 Å². The number of carbonyl (C=O) groups is 1. The lowest BCUT2D eigenvalue weighted by Crippen LogP contribution is -2.33. The summed E-state index contributed by atoms with van der Waals surface area (Å²) in [5, 5.41) is 5.13. The Bertz CT molecular complexity index is 475. The molecular weight excluding hydrogens is 254 g/mol. The Kier molecular flexibility index (Phi) is 4.13. The van der Waals surface area contributed by atoms with Crippen molar-refractivity contribution in [3.8, 4) is 0 Å². The van der Waals surface area contributed by atoms with Crippen molar-refractivity contribution in [3.05, 3.63) is 17.7 Å². The lowest BCUT2D eigenvalue weighted by atomic mass is 10.4. The number of pyridine rings is 1. The number of anilines is 2. The van der Waals surface area contributed by atoms with E-state index in [9.17, 15) is 13.6 Å². The van der Waals surface area contributed by atoms with E-state index in [1.165, 1.54) is 7.05 Å². The third-order valence-electron chi connectivity index (χ3n) is 3.03. The van der Waals surface area contributed by atoms with Crippen LogP contribution in [0.3, 0.4) is 0 Å². The van der Waals surface area contributed by atoms with Crippen molar-refractivity contribution in [2.45, 2.75) is 12.8 Å². The summed E-state index contributed by atoms with van der Waals surface area (Å²) in [6, 6.07) is 0.738. The zero-order valence-corrected chi connectivity index (χ0v) is 10.7. The largest absolute Gasteiger partial charge is 0.371 e. The zero-order chi connectivity index (χ0) is 13.8. The Labute approximate surface area is 110 Å². The highest BCUT2D eigenvalue weighted by atomic mass is 19.1. The maximum Gasteiger partial charge on any atom is 0.241 e. The highest BCUT2D eigenvalue weighted by Gasteiger charge is 2.18. The molecule has 1 aliphatic heterocycles. The first-order chi connectivity index (χ1) is 9.11. The lowest BCUT2D eigenvalue weighted by Gasteiger charge is -2.16. The Morgan fingerprint density at radius 2 is 1.95 bits per heavy atom. The van der Waals surface area contributed by atoms with Gasteiger partial charge in [-0.15, -0.1) is 0 Å². The number of aromatic nitrogens is 1. The number of hydrogen-bond donors (Lipinski definition) is 2. The first-order valence-electron chi connectivity index (χ1n) is 6.17. The van der Waals surface area contributed by atoms with Crippen molar-refractivity contribution >= 4 is 17.5 Å². The molecule has 0 radical (unpaired) electrons. The van der Waals surface area contributed by atoms with Crippen LogP contribution in [0.25, 0.3) is 0 Å². The van der Waals surface area contributed by atoms with Crippen molar-refractivity contribution in [3.63, 3.8) is 0 Å². The minimum atomic E-state index is -0.814. The average molecular weight is 270 g/mol. The van der Waals surface area contributed by atoms with Crippen molar-refractivity contribution in [2.75, 3.05) is 37.3 Å². The third kappa shape index (κ3) is 3.10. The number of nitrogens with zero attached hydrogens (tertiary/aromatic N) is 2. The molecule has 2 N–H and O–H groups in total. The first kappa shape index (κ1) is 13.5. The molecule has 104 valence electrons. The molecule has 1 saturated heterocycles. The van der Waals surface area contributed by atoms with Crippen LogP contribution in [-0.2, 0) is 4.79 Å². The van der Waals surface area contributed by atoms with Gasteiger partial charge in [-0.2, -0.15) is 0 Å². The number of halogens is 2. The normalized spacial score (nSPS) is 14.6. The van der Waals surface area contributed by atoms with Gasteiger partial charge in [0.2, 0.25) is 5.91 Å². The van der Waals surface area contributed by atoms with Gasteiger partial charge in [0, 0.05) is 26.2 Å². The van der Waals surface area contributed by atoms with Gasteiger partial charge >= 0.3 is 0 Å². The smallest absolute Gasteiger partial charge is 0.241 e. The molecule has 0 aromatic carbocycles. The fourth-order valence-corrected chi connectivity index (χ4v) is 2.00. The van der Waals surface area contributed by atoms with Gasteiger partial charge in [0.25, 0.3) is 0 Å². The summed E-state index contributed by atoms with van der Waals surface area (Å²) >= 11 is 0. The monoisotopic (exact) mass is 270 g/mol. The second kappa shape index (κ2) is 5.81. The first-order valence-corrected chi connectivity index (χ1v) is 6.17. The molecule has 1 aliphatic rings. The van der Waals surface area contributed by atoms with Gasteiger partial charge in [-0.3, -0.25) is 4.79 Å². The molecule has 0 bridgehead atoms. The quantitative estimate of drug-likeness (QED) is 0.869. The van der Waals surface area contributed by atoms with Crippen LogP contribution in [0.1, 0.15) is 12.8 Å². The molecular formula is C12H16F2N4O. The van der Waals surface area contributed by atoms with E-state index in [2.05, 4.69) is 15.6 Å². The number of rotatable bonds is 4. The van der Waals surface area contributed by atoms with E-state index in [-0.39, 0.29) is 24.1 Å². The van der Waals surface area contributed by atoms with Crippen LogP contribution in [0, 0.1) is 11.6 Å². The summed E-state index contributed by atoms with van der Waals surface area (Å²) in [6.45, 7) is 1.43. The summed E-state index contributed by atoms with van der Waals surface area (Å²) < 4.78 is 26.7. The zero-order valence-electron chi connectivity index (χ0n) is 10.7. The standard InChI is InChI=1S/C12H16F2N4O/c1-15-11-8(13)6-9(14)12(17-11)16-7-10(19)18-4-2-3-5-18/h6H,2-5,7H2,1H3,(H2,15,16,17). The Balaban J connectivity index is 2.00. The molecule has 2 rings (SSSR count). The molecule has 0 atom stereocenters. The summed E-state index contributed by atoms with van der Waals surface area (Å²) in [6.07, 6.45) is 2.00. The van der Waals surface area contributed by atoms with Crippen molar-refractivity contribution in [1.82, 2.24) is 9.88 Å². The average Bonchev–Trinajstić information content (AvgIpc) is 2.91. The van der Waals surface area contributed by atoms with Crippen LogP contribution < -0.4 is 10.6 Å². The molecule has 0 spiro atoms. The number of hydrogen-bond acceptors (Lipinski definition) is 4. The van der Waals surface area contributed by atoms with Crippen LogP contribution >= 0.6 is 0 Å². The molecule has 7 heteroatoms. The predicted octanol–water partition coefficient (Wildman–Crippen LogP) is 1.44. The van der Waals surface area contributed by atoms with E-state index in [1.54, 1.807) is 4.90 Å². The van der Waals surface area contributed by atoms with Crippen LogP contribution in [0.4, 0.5) is 20.4 Å². The molecule has 5 nitrogen and oxygen atoms in total. The lowest BCUT2D eigenvalue weighted by molar-refractivity contribution is -0.128. The van der Waals surface area contributed by atoms with Gasteiger partial charge in [-0.1, -0.05) is 0 Å². The number of amides is 1. The summed E-state index contributed by atoms with van der Waals surface area (Å²) in [5.74, 6) is -1.87. The van der Waals surface area contributed by atoms with Crippen molar-refractivity contribution in [1.29, 1.82) is 0 Å². The maximum atomic E-state index is 13.5. The molecule has 1 fully saturated rings. The van der Waals surface area contributed by atoms with E-state index in [0.29, 0.717) is 0 Å². The third-order valence-corrected chi connectivity index (χ3v) is 3.03. The maximum absolute atomic E-state index is 13.5. The molecule has 1 aromatic heterocycles. The fourth-order valence-electron chi connectivity index (χ4n) is 2.00. The van der Waals surface area contributed by atoms with Gasteiger partial charge in [-0.25, -0.2) is 13.8 Å². The topological polar surface area (TPSA) is 57.3 Å². The molecule has 2 heterocycles. The molecule has 1 aromatic rings. The number of carbonyl (C=O) groups excluding carboxylic acids is 1. The van der Waals surface area contributed by atoms with Gasteiger partial charge in [0.15, 0.2) is 23.3 Å². The molecule has 19 heavy (non-hydrogen) atoms. The summed E-state index contributed by atoms with van der Waals surface area (Å²) in [4.78, 5) is 17.2. The van der Waals surface area contributed by atoms with E-state index in [4.69, 9.17) is 0 Å². The molecule has 0 unspecified atom stereocenters. The van der Waals surface area contributed by atoms with Crippen LogP contribution in [0.15, 0.2) is 6.07 Å². The Hall–Kier alpha value is -1.92.